The van der Waals surface area contributed by atoms with E-state index in [2.05, 4.69) is 10.3 Å². The minimum absolute atomic E-state index is 0.0218. The topological polar surface area (TPSA) is 76.8 Å². The van der Waals surface area contributed by atoms with Gasteiger partial charge in [0.2, 0.25) is 0 Å². The number of para-hydroxylation sites is 2. The summed E-state index contributed by atoms with van der Waals surface area (Å²) >= 11 is 0. The third-order valence-electron chi connectivity index (χ3n) is 5.58. The number of nitrogens with one attached hydrogen (secondary N) is 1. The molecule has 0 unspecified atom stereocenters. The van der Waals surface area contributed by atoms with Gasteiger partial charge in [-0.1, -0.05) is 18.2 Å². The van der Waals surface area contributed by atoms with E-state index in [4.69, 9.17) is 13.9 Å². The average Bonchev–Trinajstić information content (AvgIpc) is 3.23. The van der Waals surface area contributed by atoms with Crippen LogP contribution < -0.4 is 14.8 Å². The number of ether oxygens (including phenoxy) is 2. The maximum atomic E-state index is 12.5. The minimum Gasteiger partial charge on any atom is -0.493 e. The number of amides is 2. The van der Waals surface area contributed by atoms with Crippen LogP contribution in [0, 0.1) is 0 Å². The first-order valence-electron chi connectivity index (χ1n) is 10.3. The monoisotopic (exact) mass is 409 g/mol. The molecule has 0 bridgehead atoms. The molecule has 1 aliphatic rings. The van der Waals surface area contributed by atoms with E-state index in [0.717, 1.165) is 41.8 Å². The number of likely N-dealkylation sites (tertiary alicyclic amines) is 1. The molecule has 1 fully saturated rings. The third-order valence-corrected chi connectivity index (χ3v) is 5.58. The predicted octanol–water partition coefficient (Wildman–Crippen LogP) is 3.98. The maximum Gasteiger partial charge on any atom is 0.317 e. The summed E-state index contributed by atoms with van der Waals surface area (Å²) in [5.41, 5.74) is 2.80. The molecule has 7 heteroatoms. The lowest BCUT2D eigenvalue weighted by atomic mass is 9.97. The Balaban J connectivity index is 1.25. The highest BCUT2D eigenvalue weighted by Gasteiger charge is 2.26. The van der Waals surface area contributed by atoms with Crippen molar-refractivity contribution in [2.24, 2.45) is 0 Å². The van der Waals surface area contributed by atoms with E-state index < -0.39 is 0 Å². The molecule has 1 saturated heterocycles. The highest BCUT2D eigenvalue weighted by Crippen LogP contribution is 2.30. The summed E-state index contributed by atoms with van der Waals surface area (Å²) in [6, 6.07) is 13.6. The zero-order valence-electron chi connectivity index (χ0n) is 17.4. The van der Waals surface area contributed by atoms with Gasteiger partial charge in [-0.05, 0) is 49.1 Å². The van der Waals surface area contributed by atoms with E-state index >= 15 is 0 Å². The first-order valence-corrected chi connectivity index (χ1v) is 10.3. The highest BCUT2D eigenvalue weighted by atomic mass is 16.5. The lowest BCUT2D eigenvalue weighted by Gasteiger charge is -2.30. The molecule has 0 aliphatic carbocycles. The minimum atomic E-state index is -0.0218. The highest BCUT2D eigenvalue weighted by molar-refractivity contribution is 5.74. The number of benzene rings is 2. The molecule has 7 nitrogen and oxygen atoms in total. The molecule has 1 N–H and O–H groups in total. The van der Waals surface area contributed by atoms with Crippen LogP contribution in [0.2, 0.25) is 0 Å². The fourth-order valence-electron chi connectivity index (χ4n) is 3.86. The summed E-state index contributed by atoms with van der Waals surface area (Å²) in [6.07, 6.45) is 2.44. The summed E-state index contributed by atoms with van der Waals surface area (Å²) in [7, 11) is 3.24. The Morgan fingerprint density at radius 3 is 2.63 bits per heavy atom. The Labute approximate surface area is 176 Å². The van der Waals surface area contributed by atoms with Crippen LogP contribution in [0.15, 0.2) is 46.9 Å². The number of aromatic nitrogens is 1. The van der Waals surface area contributed by atoms with E-state index in [9.17, 15) is 4.79 Å². The molecule has 4 rings (SSSR count). The number of oxazole rings is 1. The summed E-state index contributed by atoms with van der Waals surface area (Å²) in [6.45, 7) is 1.97. The lowest BCUT2D eigenvalue weighted by molar-refractivity contribution is 0.178. The van der Waals surface area contributed by atoms with Gasteiger partial charge in [0.1, 0.15) is 5.52 Å². The Morgan fingerprint density at radius 1 is 1.13 bits per heavy atom. The number of hydrogen-bond acceptors (Lipinski definition) is 5. The second-order valence-corrected chi connectivity index (χ2v) is 7.45. The van der Waals surface area contributed by atoms with Crippen LogP contribution in [0.25, 0.3) is 11.1 Å². The SMILES string of the molecule is COc1ccc(CCNC(=O)N2CCC(c3nc4ccccc4o3)CC2)cc1OC. The van der Waals surface area contributed by atoms with Crippen LogP contribution in [-0.4, -0.2) is 49.8 Å². The van der Waals surface area contributed by atoms with Gasteiger partial charge in [0.15, 0.2) is 23.0 Å². The molecule has 0 spiro atoms. The summed E-state index contributed by atoms with van der Waals surface area (Å²) in [5.74, 6) is 2.44. The number of methoxy groups -OCH3 is 2. The maximum absolute atomic E-state index is 12.5. The molecule has 1 aromatic heterocycles. The van der Waals surface area contributed by atoms with Gasteiger partial charge >= 0.3 is 6.03 Å². The number of hydrogen-bond donors (Lipinski definition) is 1. The molecule has 30 heavy (non-hydrogen) atoms. The number of carbonyl (C=O) groups is 1. The van der Waals surface area contributed by atoms with Gasteiger partial charge in [-0.15, -0.1) is 0 Å². The largest absolute Gasteiger partial charge is 0.493 e. The number of urea groups is 1. The van der Waals surface area contributed by atoms with Gasteiger partial charge in [-0.3, -0.25) is 0 Å². The van der Waals surface area contributed by atoms with Gasteiger partial charge in [0.05, 0.1) is 14.2 Å². The van der Waals surface area contributed by atoms with Crippen molar-refractivity contribution in [2.45, 2.75) is 25.2 Å². The number of fused-ring (bicyclic) bond motifs is 1. The van der Waals surface area contributed by atoms with Crippen LogP contribution in [0.4, 0.5) is 4.79 Å². The Bertz CT molecular complexity index is 976. The van der Waals surface area contributed by atoms with Crippen molar-refractivity contribution in [2.75, 3.05) is 33.9 Å². The fourth-order valence-corrected chi connectivity index (χ4v) is 3.86. The second kappa shape index (κ2) is 9.07. The van der Waals surface area contributed by atoms with Crippen molar-refractivity contribution in [3.05, 3.63) is 53.9 Å². The van der Waals surface area contributed by atoms with Crippen molar-refractivity contribution in [3.8, 4) is 11.5 Å². The van der Waals surface area contributed by atoms with Gasteiger partial charge < -0.3 is 24.1 Å². The molecule has 0 atom stereocenters. The number of rotatable bonds is 6. The zero-order valence-corrected chi connectivity index (χ0v) is 17.4. The molecule has 1 aliphatic heterocycles. The average molecular weight is 409 g/mol. The van der Waals surface area contributed by atoms with E-state index in [-0.39, 0.29) is 11.9 Å². The molecular weight excluding hydrogens is 382 g/mol. The van der Waals surface area contributed by atoms with Crippen molar-refractivity contribution in [1.29, 1.82) is 0 Å². The van der Waals surface area contributed by atoms with Crippen LogP contribution in [0.3, 0.4) is 0 Å². The number of piperidine rings is 1. The quantitative estimate of drug-likeness (QED) is 0.666. The van der Waals surface area contributed by atoms with Gasteiger partial charge in [-0.25, -0.2) is 9.78 Å². The normalized spacial score (nSPS) is 14.7. The van der Waals surface area contributed by atoms with Crippen molar-refractivity contribution >= 4 is 17.1 Å². The Kier molecular flexibility index (Phi) is 6.07. The van der Waals surface area contributed by atoms with Crippen LogP contribution >= 0.6 is 0 Å². The van der Waals surface area contributed by atoms with E-state index in [1.807, 2.05) is 47.4 Å². The zero-order chi connectivity index (χ0) is 20.9. The third kappa shape index (κ3) is 4.35. The van der Waals surface area contributed by atoms with Gasteiger partial charge in [0.25, 0.3) is 0 Å². The van der Waals surface area contributed by atoms with Crippen molar-refractivity contribution in [3.63, 3.8) is 0 Å². The molecule has 0 radical (unpaired) electrons. The molecule has 158 valence electrons. The van der Waals surface area contributed by atoms with Gasteiger partial charge in [0, 0.05) is 25.6 Å². The van der Waals surface area contributed by atoms with Gasteiger partial charge in [-0.2, -0.15) is 0 Å². The van der Waals surface area contributed by atoms with E-state index in [1.165, 1.54) is 0 Å². The molecule has 0 saturated carbocycles. The Hall–Kier alpha value is -3.22. The summed E-state index contributed by atoms with van der Waals surface area (Å²) in [4.78, 5) is 19.0. The van der Waals surface area contributed by atoms with E-state index in [0.29, 0.717) is 31.1 Å². The summed E-state index contributed by atoms with van der Waals surface area (Å²) < 4.78 is 16.5. The smallest absolute Gasteiger partial charge is 0.317 e. The van der Waals surface area contributed by atoms with Crippen molar-refractivity contribution in [1.82, 2.24) is 15.2 Å². The van der Waals surface area contributed by atoms with Crippen LogP contribution in [0.1, 0.15) is 30.2 Å². The van der Waals surface area contributed by atoms with Crippen molar-refractivity contribution < 1.29 is 18.7 Å². The first kappa shape index (κ1) is 20.1. The standard InChI is InChI=1S/C23H27N3O4/c1-28-20-8-7-16(15-21(20)29-2)9-12-24-23(27)26-13-10-17(11-14-26)22-25-18-5-3-4-6-19(18)30-22/h3-8,15,17H,9-14H2,1-2H3,(H,24,27). The second-order valence-electron chi connectivity index (χ2n) is 7.45. The Morgan fingerprint density at radius 2 is 1.90 bits per heavy atom. The number of carbonyl (C=O) groups excluding carboxylic acids is 1. The lowest BCUT2D eigenvalue weighted by Crippen LogP contribution is -2.44. The van der Waals surface area contributed by atoms with Crippen LogP contribution in [0.5, 0.6) is 11.5 Å². The molecule has 2 aromatic carbocycles. The molecule has 3 aromatic rings. The molecule has 2 heterocycles. The fraction of sp³-hybridized carbons (Fsp3) is 0.391. The first-order chi connectivity index (χ1) is 14.7. The predicted molar refractivity (Wildman–Crippen MR) is 114 cm³/mol. The summed E-state index contributed by atoms with van der Waals surface area (Å²) in [5, 5.41) is 3.02. The molecule has 2 amide bonds. The van der Waals surface area contributed by atoms with Crippen LogP contribution in [-0.2, 0) is 6.42 Å². The van der Waals surface area contributed by atoms with E-state index in [1.54, 1.807) is 14.2 Å². The number of nitrogens with zero attached hydrogens (tertiary/aromatic N) is 2. The molecular formula is C23H27N3O4.